The van der Waals surface area contributed by atoms with Crippen molar-refractivity contribution in [3.05, 3.63) is 35.9 Å². The Morgan fingerprint density at radius 3 is 2.50 bits per heavy atom. The number of likely N-dealkylation sites (N-methyl/N-ethyl adjacent to an activating group) is 1. The van der Waals surface area contributed by atoms with Crippen molar-refractivity contribution in [1.29, 1.82) is 0 Å². The Labute approximate surface area is 134 Å². The molecule has 22 heavy (non-hydrogen) atoms. The SMILES string of the molecule is CCN1C[C@@H](c2ccccc2)CC2(CCN(CCO)CC2)C1. The van der Waals surface area contributed by atoms with Crippen molar-refractivity contribution >= 4 is 0 Å². The van der Waals surface area contributed by atoms with Crippen molar-refractivity contribution in [1.82, 2.24) is 9.80 Å². The fraction of sp³-hybridized carbons (Fsp3) is 0.684. The number of hydrogen-bond donors (Lipinski definition) is 1. The first-order chi connectivity index (χ1) is 10.7. The number of aliphatic hydroxyl groups excluding tert-OH is 1. The molecule has 2 heterocycles. The second-order valence-electron chi connectivity index (χ2n) is 7.20. The Bertz CT molecular complexity index is 454. The van der Waals surface area contributed by atoms with Crippen LogP contribution in [0.1, 0.15) is 37.7 Å². The quantitative estimate of drug-likeness (QED) is 0.926. The Kier molecular flexibility index (Phi) is 5.17. The maximum atomic E-state index is 9.14. The summed E-state index contributed by atoms with van der Waals surface area (Å²) in [5.41, 5.74) is 2.00. The minimum absolute atomic E-state index is 0.292. The van der Waals surface area contributed by atoms with Crippen LogP contribution in [0.15, 0.2) is 30.3 Å². The van der Waals surface area contributed by atoms with Gasteiger partial charge in [0.15, 0.2) is 0 Å². The third-order valence-corrected chi connectivity index (χ3v) is 5.77. The van der Waals surface area contributed by atoms with Gasteiger partial charge in [-0.15, -0.1) is 0 Å². The van der Waals surface area contributed by atoms with Crippen molar-refractivity contribution in [2.75, 3.05) is 45.9 Å². The topological polar surface area (TPSA) is 26.7 Å². The number of nitrogens with zero attached hydrogens (tertiary/aromatic N) is 2. The molecule has 2 aliphatic rings. The van der Waals surface area contributed by atoms with Crippen LogP contribution in [0.3, 0.4) is 0 Å². The highest BCUT2D eigenvalue weighted by Crippen LogP contribution is 2.44. The highest BCUT2D eigenvalue weighted by Gasteiger charge is 2.41. The van der Waals surface area contributed by atoms with E-state index in [1.165, 1.54) is 37.9 Å². The van der Waals surface area contributed by atoms with Gasteiger partial charge in [0.25, 0.3) is 0 Å². The van der Waals surface area contributed by atoms with Crippen LogP contribution in [-0.2, 0) is 0 Å². The van der Waals surface area contributed by atoms with Crippen molar-refractivity contribution in [2.24, 2.45) is 5.41 Å². The molecule has 1 atom stereocenters. The molecule has 0 saturated carbocycles. The molecule has 2 fully saturated rings. The predicted octanol–water partition coefficient (Wildman–Crippen LogP) is 2.57. The van der Waals surface area contributed by atoms with Crippen LogP contribution in [-0.4, -0.2) is 60.8 Å². The third kappa shape index (κ3) is 3.53. The summed E-state index contributed by atoms with van der Waals surface area (Å²) in [4.78, 5) is 5.08. The van der Waals surface area contributed by atoms with E-state index >= 15 is 0 Å². The minimum Gasteiger partial charge on any atom is -0.395 e. The molecule has 0 bridgehead atoms. The van der Waals surface area contributed by atoms with E-state index < -0.39 is 0 Å². The van der Waals surface area contributed by atoms with Crippen LogP contribution in [0.25, 0.3) is 0 Å². The van der Waals surface area contributed by atoms with Gasteiger partial charge in [-0.25, -0.2) is 0 Å². The summed E-state index contributed by atoms with van der Waals surface area (Å²) in [5, 5.41) is 9.14. The monoisotopic (exact) mass is 302 g/mol. The Balaban J connectivity index is 1.72. The second-order valence-corrected chi connectivity index (χ2v) is 7.20. The van der Waals surface area contributed by atoms with Gasteiger partial charge in [0, 0.05) is 19.6 Å². The van der Waals surface area contributed by atoms with E-state index in [2.05, 4.69) is 47.1 Å². The lowest BCUT2D eigenvalue weighted by molar-refractivity contribution is 0.0122. The average Bonchev–Trinajstić information content (AvgIpc) is 2.58. The van der Waals surface area contributed by atoms with E-state index in [1.54, 1.807) is 0 Å². The predicted molar refractivity (Wildman–Crippen MR) is 91.1 cm³/mol. The molecular weight excluding hydrogens is 272 g/mol. The first kappa shape index (κ1) is 16.0. The van der Waals surface area contributed by atoms with Gasteiger partial charge in [0.1, 0.15) is 0 Å². The molecule has 2 aliphatic heterocycles. The molecule has 1 aromatic carbocycles. The van der Waals surface area contributed by atoms with Crippen LogP contribution in [0.5, 0.6) is 0 Å². The maximum absolute atomic E-state index is 9.14. The number of aliphatic hydroxyl groups is 1. The Hall–Kier alpha value is -0.900. The highest BCUT2D eigenvalue weighted by atomic mass is 16.3. The minimum atomic E-state index is 0.292. The van der Waals surface area contributed by atoms with E-state index in [-0.39, 0.29) is 0 Å². The average molecular weight is 302 g/mol. The number of likely N-dealkylation sites (tertiary alicyclic amines) is 2. The summed E-state index contributed by atoms with van der Waals surface area (Å²) >= 11 is 0. The molecule has 0 radical (unpaired) electrons. The summed E-state index contributed by atoms with van der Waals surface area (Å²) in [5.74, 6) is 0.680. The molecular formula is C19H30N2O. The molecule has 1 spiro atoms. The molecule has 0 unspecified atom stereocenters. The van der Waals surface area contributed by atoms with Gasteiger partial charge >= 0.3 is 0 Å². The van der Waals surface area contributed by atoms with E-state index in [0.29, 0.717) is 17.9 Å². The van der Waals surface area contributed by atoms with Gasteiger partial charge in [0.05, 0.1) is 6.61 Å². The maximum Gasteiger partial charge on any atom is 0.0558 e. The fourth-order valence-electron chi connectivity index (χ4n) is 4.45. The van der Waals surface area contributed by atoms with Gasteiger partial charge in [0.2, 0.25) is 0 Å². The van der Waals surface area contributed by atoms with Crippen LogP contribution in [0.4, 0.5) is 0 Å². The molecule has 0 amide bonds. The molecule has 0 aliphatic carbocycles. The van der Waals surface area contributed by atoms with Crippen molar-refractivity contribution in [2.45, 2.75) is 32.1 Å². The molecule has 2 saturated heterocycles. The zero-order valence-electron chi connectivity index (χ0n) is 13.9. The normalized spacial score (nSPS) is 26.4. The van der Waals surface area contributed by atoms with Gasteiger partial charge in [-0.2, -0.15) is 0 Å². The standard InChI is InChI=1S/C19H30N2O/c1-2-20-15-18(17-6-4-3-5-7-17)14-19(16-20)8-10-21(11-9-19)12-13-22/h3-7,18,22H,2,8-16H2,1H3/t18-/m0/s1. The summed E-state index contributed by atoms with van der Waals surface area (Å²) in [6.45, 7) is 9.37. The van der Waals surface area contributed by atoms with Gasteiger partial charge < -0.3 is 14.9 Å². The summed E-state index contributed by atoms with van der Waals surface area (Å²) in [7, 11) is 0. The Morgan fingerprint density at radius 1 is 1.14 bits per heavy atom. The second kappa shape index (κ2) is 7.12. The van der Waals surface area contributed by atoms with Gasteiger partial charge in [-0.3, -0.25) is 0 Å². The highest BCUT2D eigenvalue weighted by molar-refractivity contribution is 5.21. The zero-order chi connectivity index (χ0) is 15.4. The summed E-state index contributed by atoms with van der Waals surface area (Å²) in [6.07, 6.45) is 3.90. The van der Waals surface area contributed by atoms with Gasteiger partial charge in [-0.05, 0) is 55.8 Å². The first-order valence-corrected chi connectivity index (χ1v) is 8.85. The van der Waals surface area contributed by atoms with E-state index in [1.807, 2.05) is 0 Å². The molecule has 0 aromatic heterocycles. The molecule has 3 heteroatoms. The molecule has 3 nitrogen and oxygen atoms in total. The van der Waals surface area contributed by atoms with Gasteiger partial charge in [-0.1, -0.05) is 37.3 Å². The van der Waals surface area contributed by atoms with Crippen molar-refractivity contribution < 1.29 is 5.11 Å². The number of piperidine rings is 2. The van der Waals surface area contributed by atoms with E-state index in [9.17, 15) is 0 Å². The zero-order valence-corrected chi connectivity index (χ0v) is 13.9. The molecule has 1 N–H and O–H groups in total. The fourth-order valence-corrected chi connectivity index (χ4v) is 4.45. The third-order valence-electron chi connectivity index (χ3n) is 5.77. The van der Waals surface area contributed by atoms with Crippen LogP contribution in [0.2, 0.25) is 0 Å². The van der Waals surface area contributed by atoms with Crippen LogP contribution < -0.4 is 0 Å². The lowest BCUT2D eigenvalue weighted by Crippen LogP contribution is -2.51. The van der Waals surface area contributed by atoms with Crippen LogP contribution in [0, 0.1) is 5.41 Å². The molecule has 1 aromatic rings. The van der Waals surface area contributed by atoms with Crippen molar-refractivity contribution in [3.63, 3.8) is 0 Å². The van der Waals surface area contributed by atoms with E-state index in [0.717, 1.165) is 26.2 Å². The largest absolute Gasteiger partial charge is 0.395 e. The number of rotatable bonds is 4. The number of β-amino-alcohol motifs (C(OH)–C–C–N with tert-alkyl or cyclic N) is 1. The molecule has 3 rings (SSSR count). The first-order valence-electron chi connectivity index (χ1n) is 8.85. The summed E-state index contributed by atoms with van der Waals surface area (Å²) in [6, 6.07) is 11.1. The number of benzene rings is 1. The number of hydrogen-bond acceptors (Lipinski definition) is 3. The van der Waals surface area contributed by atoms with Crippen LogP contribution >= 0.6 is 0 Å². The molecule has 122 valence electrons. The van der Waals surface area contributed by atoms with Crippen molar-refractivity contribution in [3.8, 4) is 0 Å². The lowest BCUT2D eigenvalue weighted by Gasteiger charge is -2.50. The smallest absolute Gasteiger partial charge is 0.0558 e. The lowest BCUT2D eigenvalue weighted by atomic mass is 9.68. The van der Waals surface area contributed by atoms with E-state index in [4.69, 9.17) is 5.11 Å². The summed E-state index contributed by atoms with van der Waals surface area (Å²) < 4.78 is 0. The Morgan fingerprint density at radius 2 is 1.86 bits per heavy atom.